The maximum absolute atomic E-state index is 12.7. The first-order valence-electron chi connectivity index (χ1n) is 19.0. The van der Waals surface area contributed by atoms with Crippen LogP contribution in [-0.4, -0.2) is 104 Å². The minimum atomic E-state index is -4.39. The Labute approximate surface area is 317 Å². The van der Waals surface area contributed by atoms with E-state index in [4.69, 9.17) is 0 Å². The Hall–Kier alpha value is -1.62. The summed E-state index contributed by atoms with van der Waals surface area (Å²) in [5, 5.41) is 10.1. The highest BCUT2D eigenvalue weighted by molar-refractivity contribution is 7.97. The van der Waals surface area contributed by atoms with E-state index in [2.05, 4.69) is 35.3 Å². The van der Waals surface area contributed by atoms with Crippen molar-refractivity contribution in [3.8, 4) is 0 Å². The third kappa shape index (κ3) is 9.01. The average Bonchev–Trinajstić information content (AvgIpc) is 3.00. The summed E-state index contributed by atoms with van der Waals surface area (Å²) in [5.41, 5.74) is -0.473. The van der Waals surface area contributed by atoms with Gasteiger partial charge in [0.25, 0.3) is 0 Å². The minimum Gasteiger partial charge on any atom is -0.390 e. The maximum atomic E-state index is 12.7. The lowest BCUT2D eigenvalue weighted by Crippen LogP contribution is -2.72. The Morgan fingerprint density at radius 3 is 1.36 bits per heavy atom. The van der Waals surface area contributed by atoms with Crippen molar-refractivity contribution in [2.24, 2.45) is 16.7 Å². The van der Waals surface area contributed by atoms with Crippen molar-refractivity contribution < 1.29 is 31.4 Å². The fraction of sp³-hybridized carbons (Fsp3) is 0.737. The van der Waals surface area contributed by atoms with Crippen LogP contribution in [0.15, 0.2) is 34.1 Å². The molecule has 0 radical (unpaired) electrons. The molecule has 1 N–H and O–H groups in total. The molecule has 7 nitrogen and oxygen atoms in total. The van der Waals surface area contributed by atoms with Gasteiger partial charge in [-0.3, -0.25) is 9.80 Å². The van der Waals surface area contributed by atoms with Crippen LogP contribution < -0.4 is 0 Å². The molecule has 4 aliphatic heterocycles. The molecule has 6 fully saturated rings. The largest absolute Gasteiger partial charge is 0.433 e. The molecule has 294 valence electrons. The number of aryl methyl sites for hydroxylation is 2. The number of alkyl halides is 6. The van der Waals surface area contributed by atoms with E-state index in [-0.39, 0.29) is 0 Å². The minimum absolute atomic E-state index is 0.347. The molecule has 2 aliphatic carbocycles. The van der Waals surface area contributed by atoms with Crippen LogP contribution in [-0.2, 0) is 12.4 Å². The second kappa shape index (κ2) is 14.7. The first-order chi connectivity index (χ1) is 24.8. The smallest absolute Gasteiger partial charge is 0.390 e. The van der Waals surface area contributed by atoms with Crippen LogP contribution in [0.1, 0.15) is 88.0 Å². The molecule has 15 heteroatoms. The normalized spacial score (nSPS) is 30.5. The van der Waals surface area contributed by atoms with Gasteiger partial charge < -0.3 is 5.11 Å². The fourth-order valence-electron chi connectivity index (χ4n) is 9.16. The van der Waals surface area contributed by atoms with Gasteiger partial charge in [0.05, 0.1) is 17.0 Å². The van der Waals surface area contributed by atoms with Crippen LogP contribution in [0.25, 0.3) is 0 Å². The molecular weight excluding hydrogens is 735 g/mol. The Morgan fingerprint density at radius 1 is 0.623 bits per heavy atom. The molecular formula is C38H52F6N6OS2. The summed E-state index contributed by atoms with van der Waals surface area (Å²) in [7, 11) is 0. The third-order valence-electron chi connectivity index (χ3n) is 12.4. The molecule has 0 aromatic carbocycles. The van der Waals surface area contributed by atoms with Crippen LogP contribution in [0.2, 0.25) is 0 Å². The second-order valence-corrected chi connectivity index (χ2v) is 19.6. The van der Waals surface area contributed by atoms with Crippen molar-refractivity contribution in [3.05, 3.63) is 47.0 Å². The number of rotatable bonds is 6. The standard InChI is InChI=1S/C19H26F3N3OS.C19H26F3N3S/c1-13-15(3-4-16(23-13)19(20,21)22)27-25-11-18(12-25)9-24(10-18)14-5-7-17(2,26)8-6-14;1-13-3-5-15(6-4-13)24-9-18(10-24)11-25(12-18)26-16-7-8-17(19(20,21)22)23-14(16)2/h3-4,14,26H,5-12H2,1-2H3;7-8,13,15H,3-6,9-12H2,1-2H3. The Bertz CT molecular complexity index is 1600. The van der Waals surface area contributed by atoms with Crippen molar-refractivity contribution in [2.45, 2.75) is 119 Å². The van der Waals surface area contributed by atoms with Crippen LogP contribution in [0, 0.1) is 30.6 Å². The second-order valence-electron chi connectivity index (χ2n) is 17.3. The van der Waals surface area contributed by atoms with Gasteiger partial charge in [-0.15, -0.1) is 0 Å². The van der Waals surface area contributed by atoms with E-state index in [9.17, 15) is 31.4 Å². The average molecular weight is 787 g/mol. The summed E-state index contributed by atoms with van der Waals surface area (Å²) < 4.78 is 80.8. The molecule has 2 saturated carbocycles. The van der Waals surface area contributed by atoms with Crippen molar-refractivity contribution in [2.75, 3.05) is 52.4 Å². The number of hydrogen-bond donors (Lipinski definition) is 1. The highest BCUT2D eigenvalue weighted by Gasteiger charge is 2.55. The van der Waals surface area contributed by atoms with Crippen molar-refractivity contribution >= 4 is 23.9 Å². The van der Waals surface area contributed by atoms with Gasteiger partial charge in [0.2, 0.25) is 0 Å². The summed E-state index contributed by atoms with van der Waals surface area (Å²) in [6, 6.07) is 6.60. The Morgan fingerprint density at radius 2 is 1.00 bits per heavy atom. The first kappa shape index (κ1) is 39.6. The van der Waals surface area contributed by atoms with Gasteiger partial charge in [-0.25, -0.2) is 18.6 Å². The summed E-state index contributed by atoms with van der Waals surface area (Å²) in [5.74, 6) is 0.887. The lowest BCUT2D eigenvalue weighted by atomic mass is 9.72. The molecule has 53 heavy (non-hydrogen) atoms. The lowest BCUT2D eigenvalue weighted by molar-refractivity contribution is -0.142. The lowest BCUT2D eigenvalue weighted by Gasteiger charge is -2.62. The summed E-state index contributed by atoms with van der Waals surface area (Å²) >= 11 is 3.07. The zero-order chi connectivity index (χ0) is 38.0. The number of halogens is 6. The predicted octanol–water partition coefficient (Wildman–Crippen LogP) is 8.34. The van der Waals surface area contributed by atoms with E-state index in [0.29, 0.717) is 28.3 Å². The molecule has 0 bridgehead atoms. The van der Waals surface area contributed by atoms with Crippen molar-refractivity contribution in [1.29, 1.82) is 0 Å². The number of aliphatic hydroxyl groups is 1. The molecule has 2 aromatic heterocycles. The summed E-state index contributed by atoms with van der Waals surface area (Å²) in [6.45, 7) is 16.1. The molecule has 2 aromatic rings. The topological polar surface area (TPSA) is 59.0 Å². The Kier molecular flexibility index (Phi) is 11.0. The fourth-order valence-corrected chi connectivity index (χ4v) is 11.7. The van der Waals surface area contributed by atoms with Crippen LogP contribution in [0.4, 0.5) is 26.3 Å². The van der Waals surface area contributed by atoms with E-state index >= 15 is 0 Å². The van der Waals surface area contributed by atoms with Crippen LogP contribution in [0.3, 0.4) is 0 Å². The highest BCUT2D eigenvalue weighted by atomic mass is 32.2. The van der Waals surface area contributed by atoms with Gasteiger partial charge >= 0.3 is 12.4 Å². The highest BCUT2D eigenvalue weighted by Crippen LogP contribution is 2.49. The molecule has 2 spiro atoms. The predicted molar refractivity (Wildman–Crippen MR) is 195 cm³/mol. The number of likely N-dealkylation sites (tertiary alicyclic amines) is 2. The molecule has 6 heterocycles. The van der Waals surface area contributed by atoms with E-state index in [1.807, 2.05) is 6.92 Å². The van der Waals surface area contributed by atoms with E-state index < -0.39 is 29.3 Å². The molecule has 0 amide bonds. The van der Waals surface area contributed by atoms with Crippen LogP contribution in [0.5, 0.6) is 0 Å². The summed E-state index contributed by atoms with van der Waals surface area (Å²) in [4.78, 5) is 14.2. The zero-order valence-electron chi connectivity index (χ0n) is 31.1. The molecule has 4 saturated heterocycles. The number of hydrogen-bond acceptors (Lipinski definition) is 9. The monoisotopic (exact) mass is 786 g/mol. The number of aromatic nitrogens is 2. The van der Waals surface area contributed by atoms with E-state index in [1.165, 1.54) is 56.8 Å². The van der Waals surface area contributed by atoms with E-state index in [0.717, 1.165) is 98.8 Å². The van der Waals surface area contributed by atoms with Gasteiger partial charge in [-0.05, 0) is 126 Å². The quantitative estimate of drug-likeness (QED) is 0.230. The number of nitrogens with zero attached hydrogens (tertiary/aromatic N) is 6. The number of pyridine rings is 2. The SMILES string of the molecule is Cc1nc(C(F)(F)F)ccc1SN1CC2(C1)CN(C1CCC(C)(O)CC1)C2.Cc1nc(C(F)(F)F)ccc1SN1CC2(C1)CN(C1CCC(C)CC1)C2. The van der Waals surface area contributed by atoms with Gasteiger partial charge in [-0.1, -0.05) is 6.92 Å². The first-order valence-corrected chi connectivity index (χ1v) is 20.5. The van der Waals surface area contributed by atoms with Crippen LogP contribution >= 0.6 is 23.9 Å². The van der Waals surface area contributed by atoms with E-state index in [1.54, 1.807) is 31.9 Å². The molecule has 0 atom stereocenters. The molecule has 0 unspecified atom stereocenters. The van der Waals surface area contributed by atoms with Crippen molar-refractivity contribution in [3.63, 3.8) is 0 Å². The van der Waals surface area contributed by atoms with Gasteiger partial charge in [0.15, 0.2) is 0 Å². The zero-order valence-corrected chi connectivity index (χ0v) is 32.7. The Balaban J connectivity index is 0.000000164. The van der Waals surface area contributed by atoms with Gasteiger partial charge in [-0.2, -0.15) is 26.3 Å². The third-order valence-corrected chi connectivity index (χ3v) is 14.7. The van der Waals surface area contributed by atoms with Gasteiger partial charge in [0.1, 0.15) is 11.4 Å². The van der Waals surface area contributed by atoms with Crippen molar-refractivity contribution in [1.82, 2.24) is 28.4 Å². The summed E-state index contributed by atoms with van der Waals surface area (Å²) in [6.07, 6.45) is 0.519. The van der Waals surface area contributed by atoms with Gasteiger partial charge in [0, 0.05) is 85.1 Å². The molecule has 8 rings (SSSR count). The maximum Gasteiger partial charge on any atom is 0.433 e. The molecule has 6 aliphatic rings.